The van der Waals surface area contributed by atoms with Crippen LogP contribution < -0.4 is 4.74 Å². The van der Waals surface area contributed by atoms with Gasteiger partial charge in [-0.05, 0) is 41.3 Å². The molecule has 0 spiro atoms. The van der Waals surface area contributed by atoms with Crippen LogP contribution in [-0.4, -0.2) is 59.0 Å². The third kappa shape index (κ3) is 5.95. The second-order valence-electron chi connectivity index (χ2n) is 9.23. The zero-order valence-electron chi connectivity index (χ0n) is 19.5. The van der Waals surface area contributed by atoms with E-state index in [0.29, 0.717) is 24.8 Å². The molecule has 7 nitrogen and oxygen atoms in total. The zero-order chi connectivity index (χ0) is 24.1. The fourth-order valence-corrected chi connectivity index (χ4v) is 4.78. The van der Waals surface area contributed by atoms with Crippen molar-refractivity contribution in [3.8, 4) is 11.8 Å². The molecule has 0 aliphatic carbocycles. The summed E-state index contributed by atoms with van der Waals surface area (Å²) in [4.78, 5) is 13.3. The van der Waals surface area contributed by atoms with Crippen molar-refractivity contribution in [3.63, 3.8) is 0 Å². The Morgan fingerprint density at radius 1 is 1.18 bits per heavy atom. The summed E-state index contributed by atoms with van der Waals surface area (Å²) in [5.74, 6) is 0.918. The van der Waals surface area contributed by atoms with Gasteiger partial charge in [-0.3, -0.25) is 4.79 Å². The highest BCUT2D eigenvalue weighted by molar-refractivity contribution is 5.73. The Morgan fingerprint density at radius 3 is 2.56 bits per heavy atom. The highest BCUT2D eigenvalue weighted by Crippen LogP contribution is 2.33. The molecular formula is C27H32N2O5. The summed E-state index contributed by atoms with van der Waals surface area (Å²) in [7, 11) is 0. The average Bonchev–Trinajstić information content (AvgIpc) is 2.85. The molecule has 2 fully saturated rings. The SMILES string of the molecule is CC(=O)N1CCC(Oc2ccc(Cc3cc(C4CC(O)CC(CO)O4)ccc3C#N)cc2)CC1. The lowest BCUT2D eigenvalue weighted by atomic mass is 9.92. The molecule has 2 saturated heterocycles. The number of aliphatic hydroxyl groups excluding tert-OH is 2. The van der Waals surface area contributed by atoms with Crippen LogP contribution in [0.25, 0.3) is 0 Å². The number of nitriles is 1. The van der Waals surface area contributed by atoms with E-state index in [1.54, 1.807) is 13.0 Å². The van der Waals surface area contributed by atoms with Crippen LogP contribution in [0.2, 0.25) is 0 Å². The van der Waals surface area contributed by atoms with E-state index < -0.39 is 6.10 Å². The molecule has 3 atom stereocenters. The summed E-state index contributed by atoms with van der Waals surface area (Å²) in [6.07, 6.45) is 2.05. The number of amides is 1. The molecular weight excluding hydrogens is 432 g/mol. The lowest BCUT2D eigenvalue weighted by molar-refractivity contribution is -0.130. The number of aliphatic hydroxyl groups is 2. The van der Waals surface area contributed by atoms with Gasteiger partial charge in [-0.1, -0.05) is 24.3 Å². The Hall–Kier alpha value is -2.92. The van der Waals surface area contributed by atoms with Gasteiger partial charge in [0.1, 0.15) is 11.9 Å². The normalized spacial score (nSPS) is 23.4. The summed E-state index contributed by atoms with van der Waals surface area (Å²) in [6.45, 7) is 2.93. The number of piperidine rings is 1. The molecule has 2 aromatic rings. The number of benzene rings is 2. The number of carbonyl (C=O) groups is 1. The van der Waals surface area contributed by atoms with Gasteiger partial charge in [0.15, 0.2) is 0 Å². The first kappa shape index (κ1) is 24.2. The summed E-state index contributed by atoms with van der Waals surface area (Å²) >= 11 is 0. The third-order valence-corrected chi connectivity index (χ3v) is 6.71. The molecule has 3 unspecified atom stereocenters. The van der Waals surface area contributed by atoms with E-state index in [9.17, 15) is 20.3 Å². The Morgan fingerprint density at radius 2 is 1.91 bits per heavy atom. The highest BCUT2D eigenvalue weighted by atomic mass is 16.5. The van der Waals surface area contributed by atoms with E-state index >= 15 is 0 Å². The number of rotatable bonds is 6. The van der Waals surface area contributed by atoms with E-state index in [1.807, 2.05) is 41.3 Å². The van der Waals surface area contributed by atoms with Crippen molar-refractivity contribution in [2.45, 2.75) is 63.4 Å². The van der Waals surface area contributed by atoms with Gasteiger partial charge in [-0.25, -0.2) is 0 Å². The van der Waals surface area contributed by atoms with Gasteiger partial charge in [-0.15, -0.1) is 0 Å². The molecule has 34 heavy (non-hydrogen) atoms. The Labute approximate surface area is 200 Å². The Kier molecular flexibility index (Phi) is 7.84. The van der Waals surface area contributed by atoms with Crippen molar-refractivity contribution in [1.82, 2.24) is 4.90 Å². The first-order chi connectivity index (χ1) is 16.4. The second-order valence-corrected chi connectivity index (χ2v) is 9.23. The molecule has 2 aromatic carbocycles. The van der Waals surface area contributed by atoms with Gasteiger partial charge in [-0.2, -0.15) is 5.26 Å². The maximum Gasteiger partial charge on any atom is 0.219 e. The quantitative estimate of drug-likeness (QED) is 0.681. The summed E-state index contributed by atoms with van der Waals surface area (Å²) in [6, 6.07) is 15.8. The van der Waals surface area contributed by atoms with Crippen molar-refractivity contribution in [3.05, 3.63) is 64.7 Å². The molecule has 0 radical (unpaired) electrons. The van der Waals surface area contributed by atoms with Crippen molar-refractivity contribution < 1.29 is 24.5 Å². The molecule has 2 aliphatic rings. The van der Waals surface area contributed by atoms with Gasteiger partial charge in [0.25, 0.3) is 0 Å². The zero-order valence-corrected chi connectivity index (χ0v) is 19.5. The maximum atomic E-state index is 11.5. The second kappa shape index (κ2) is 11.0. The summed E-state index contributed by atoms with van der Waals surface area (Å²) in [5.41, 5.74) is 3.47. The molecule has 7 heteroatoms. The summed E-state index contributed by atoms with van der Waals surface area (Å²) < 4.78 is 12.1. The van der Waals surface area contributed by atoms with E-state index in [-0.39, 0.29) is 30.8 Å². The molecule has 1 amide bonds. The minimum absolute atomic E-state index is 0.108. The topological polar surface area (TPSA) is 103 Å². The minimum Gasteiger partial charge on any atom is -0.490 e. The van der Waals surface area contributed by atoms with Crippen molar-refractivity contribution in [2.24, 2.45) is 0 Å². The summed E-state index contributed by atoms with van der Waals surface area (Å²) in [5, 5.41) is 29.2. The average molecular weight is 465 g/mol. The number of ether oxygens (including phenoxy) is 2. The van der Waals surface area contributed by atoms with Crippen LogP contribution >= 0.6 is 0 Å². The smallest absolute Gasteiger partial charge is 0.219 e. The first-order valence-corrected chi connectivity index (χ1v) is 11.9. The fourth-order valence-electron chi connectivity index (χ4n) is 4.78. The van der Waals surface area contributed by atoms with Crippen LogP contribution in [-0.2, 0) is 16.0 Å². The Balaban J connectivity index is 1.41. The monoisotopic (exact) mass is 464 g/mol. The maximum absolute atomic E-state index is 11.5. The van der Waals surface area contributed by atoms with Crippen LogP contribution in [0.4, 0.5) is 0 Å². The van der Waals surface area contributed by atoms with E-state index in [2.05, 4.69) is 6.07 Å². The van der Waals surface area contributed by atoms with E-state index in [4.69, 9.17) is 9.47 Å². The van der Waals surface area contributed by atoms with Crippen molar-refractivity contribution >= 4 is 5.91 Å². The predicted octanol–water partition coefficient (Wildman–Crippen LogP) is 3.11. The largest absolute Gasteiger partial charge is 0.490 e. The molecule has 2 N–H and O–H groups in total. The van der Waals surface area contributed by atoms with Crippen LogP contribution in [0.1, 0.15) is 61.0 Å². The molecule has 0 aromatic heterocycles. The molecule has 2 heterocycles. The highest BCUT2D eigenvalue weighted by Gasteiger charge is 2.29. The van der Waals surface area contributed by atoms with Crippen LogP contribution in [0.3, 0.4) is 0 Å². The van der Waals surface area contributed by atoms with Crippen LogP contribution in [0, 0.1) is 11.3 Å². The fraction of sp³-hybridized carbons (Fsp3) is 0.481. The van der Waals surface area contributed by atoms with Gasteiger partial charge >= 0.3 is 0 Å². The standard InChI is InChI=1S/C27H32N2O5/c1-18(31)29-10-8-25(9-11-29)33-24-6-2-19(3-7-24)12-22-13-20(4-5-21(22)16-28)27-15-23(32)14-26(17-30)34-27/h2-7,13,23,25-27,30,32H,8-12,14-15,17H2,1H3. The van der Waals surface area contributed by atoms with Gasteiger partial charge in [0.2, 0.25) is 5.91 Å². The molecule has 4 rings (SSSR count). The van der Waals surface area contributed by atoms with Crippen LogP contribution in [0.5, 0.6) is 5.75 Å². The lowest BCUT2D eigenvalue weighted by Gasteiger charge is -2.32. The molecule has 0 bridgehead atoms. The number of carbonyl (C=O) groups excluding carboxylic acids is 1. The third-order valence-electron chi connectivity index (χ3n) is 6.71. The lowest BCUT2D eigenvalue weighted by Crippen LogP contribution is -2.40. The number of hydrogen-bond donors (Lipinski definition) is 2. The first-order valence-electron chi connectivity index (χ1n) is 11.9. The van der Waals surface area contributed by atoms with Crippen molar-refractivity contribution in [2.75, 3.05) is 19.7 Å². The Bertz CT molecular complexity index is 1020. The van der Waals surface area contributed by atoms with E-state index in [0.717, 1.165) is 48.4 Å². The number of hydrogen-bond acceptors (Lipinski definition) is 6. The number of likely N-dealkylation sites (tertiary alicyclic amines) is 1. The molecule has 180 valence electrons. The van der Waals surface area contributed by atoms with Gasteiger partial charge < -0.3 is 24.6 Å². The van der Waals surface area contributed by atoms with Crippen LogP contribution in [0.15, 0.2) is 42.5 Å². The molecule has 0 saturated carbocycles. The molecule has 2 aliphatic heterocycles. The van der Waals surface area contributed by atoms with Gasteiger partial charge in [0, 0.05) is 45.7 Å². The number of nitrogens with zero attached hydrogens (tertiary/aromatic N) is 2. The predicted molar refractivity (Wildman–Crippen MR) is 126 cm³/mol. The van der Waals surface area contributed by atoms with Gasteiger partial charge in [0.05, 0.1) is 36.6 Å². The minimum atomic E-state index is -0.516. The van der Waals surface area contributed by atoms with Crippen molar-refractivity contribution in [1.29, 1.82) is 5.26 Å². The van der Waals surface area contributed by atoms with E-state index in [1.165, 1.54) is 0 Å².